The van der Waals surface area contributed by atoms with Crippen molar-refractivity contribution in [1.29, 1.82) is 0 Å². The van der Waals surface area contributed by atoms with Gasteiger partial charge in [0.15, 0.2) is 0 Å². The van der Waals surface area contributed by atoms with Crippen molar-refractivity contribution >= 4 is 34.3 Å². The molecule has 0 radical (unpaired) electrons. The number of carbonyl (C=O) groups is 1. The van der Waals surface area contributed by atoms with E-state index in [1.165, 1.54) is 20.9 Å². The maximum absolute atomic E-state index is 12.8. The molecule has 0 saturated heterocycles. The van der Waals surface area contributed by atoms with Crippen molar-refractivity contribution < 1.29 is 14.3 Å². The zero-order valence-corrected chi connectivity index (χ0v) is 15.6. The molecule has 0 spiro atoms. The highest BCUT2D eigenvalue weighted by Crippen LogP contribution is 2.42. The Kier molecular flexibility index (Phi) is 4.23. The molecule has 25 heavy (non-hydrogen) atoms. The van der Waals surface area contributed by atoms with Crippen LogP contribution in [0.2, 0.25) is 0 Å². The fourth-order valence-electron chi connectivity index (χ4n) is 3.03. The number of hydrogen-bond acceptors (Lipinski definition) is 5. The lowest BCUT2D eigenvalue weighted by Crippen LogP contribution is -2.11. The van der Waals surface area contributed by atoms with E-state index in [1.807, 2.05) is 6.07 Å². The van der Waals surface area contributed by atoms with Crippen LogP contribution in [-0.4, -0.2) is 20.1 Å². The summed E-state index contributed by atoms with van der Waals surface area (Å²) in [6, 6.07) is 9.52. The van der Waals surface area contributed by atoms with E-state index in [2.05, 4.69) is 16.8 Å². The topological polar surface area (TPSA) is 47.6 Å². The molecule has 0 atom stereocenters. The molecule has 0 aliphatic heterocycles. The molecule has 128 valence electrons. The van der Waals surface area contributed by atoms with Crippen molar-refractivity contribution in [2.45, 2.75) is 12.8 Å². The third-order valence-electron chi connectivity index (χ3n) is 4.30. The molecule has 1 N–H and O–H groups in total. The molecular formula is C19H17NO3S2. The minimum atomic E-state index is -0.122. The van der Waals surface area contributed by atoms with Gasteiger partial charge in [0.2, 0.25) is 0 Å². The fraction of sp³-hybridized carbons (Fsp3) is 0.211. The van der Waals surface area contributed by atoms with Gasteiger partial charge in [-0.1, -0.05) is 0 Å². The highest BCUT2D eigenvalue weighted by atomic mass is 32.1. The lowest BCUT2D eigenvalue weighted by molar-refractivity contribution is 0.103. The smallest absolute Gasteiger partial charge is 0.265 e. The van der Waals surface area contributed by atoms with Gasteiger partial charge in [-0.3, -0.25) is 4.79 Å². The summed E-state index contributed by atoms with van der Waals surface area (Å²) in [5.41, 5.74) is 3.15. The molecule has 1 amide bonds. The van der Waals surface area contributed by atoms with Gasteiger partial charge in [-0.2, -0.15) is 0 Å². The standard InChI is InChI=1S/C19H17NO3S2/c1-22-12-4-5-15(23-2)14(10-12)20-19(21)17-9-11-3-6-16-13(7-8-24-16)18(11)25-17/h4-5,7-10H,3,6H2,1-2H3,(H,20,21). The number of carbonyl (C=O) groups excluding carboxylic acids is 1. The Morgan fingerprint density at radius 3 is 2.80 bits per heavy atom. The van der Waals surface area contributed by atoms with Gasteiger partial charge in [0, 0.05) is 21.4 Å². The number of amides is 1. The maximum atomic E-state index is 12.8. The summed E-state index contributed by atoms with van der Waals surface area (Å²) in [5, 5.41) is 5.07. The molecule has 4 nitrogen and oxygen atoms in total. The molecule has 1 aliphatic rings. The van der Waals surface area contributed by atoms with Crippen LogP contribution in [0.3, 0.4) is 0 Å². The minimum Gasteiger partial charge on any atom is -0.497 e. The predicted molar refractivity (Wildman–Crippen MR) is 103 cm³/mol. The number of anilines is 1. The van der Waals surface area contributed by atoms with Gasteiger partial charge in [0.05, 0.1) is 24.8 Å². The number of thiophene rings is 2. The first-order valence-electron chi connectivity index (χ1n) is 7.92. The van der Waals surface area contributed by atoms with E-state index in [-0.39, 0.29) is 5.91 Å². The van der Waals surface area contributed by atoms with E-state index < -0.39 is 0 Å². The van der Waals surface area contributed by atoms with Crippen molar-refractivity contribution in [2.24, 2.45) is 0 Å². The highest BCUT2D eigenvalue weighted by Gasteiger charge is 2.23. The number of methoxy groups -OCH3 is 2. The Hall–Kier alpha value is -2.31. The van der Waals surface area contributed by atoms with Crippen molar-refractivity contribution in [2.75, 3.05) is 19.5 Å². The minimum absolute atomic E-state index is 0.122. The Bertz CT molecular complexity index is 942. The van der Waals surface area contributed by atoms with Crippen LogP contribution in [0.15, 0.2) is 35.7 Å². The summed E-state index contributed by atoms with van der Waals surface area (Å²) in [4.78, 5) is 16.1. The lowest BCUT2D eigenvalue weighted by Gasteiger charge is -2.11. The van der Waals surface area contributed by atoms with Crippen LogP contribution in [0.25, 0.3) is 10.4 Å². The van der Waals surface area contributed by atoms with Gasteiger partial charge >= 0.3 is 0 Å². The molecule has 4 rings (SSSR count). The molecule has 3 aromatic rings. The van der Waals surface area contributed by atoms with Gasteiger partial charge in [-0.25, -0.2) is 0 Å². The van der Waals surface area contributed by atoms with Crippen LogP contribution < -0.4 is 14.8 Å². The van der Waals surface area contributed by atoms with E-state index in [0.717, 1.165) is 12.8 Å². The van der Waals surface area contributed by atoms with Crippen LogP contribution in [0.1, 0.15) is 20.1 Å². The molecule has 0 bridgehead atoms. The molecule has 0 unspecified atom stereocenters. The molecule has 6 heteroatoms. The molecule has 1 aliphatic carbocycles. The monoisotopic (exact) mass is 371 g/mol. The lowest BCUT2D eigenvalue weighted by atomic mass is 9.98. The third-order valence-corrected chi connectivity index (χ3v) is 6.49. The van der Waals surface area contributed by atoms with Crippen molar-refractivity contribution in [1.82, 2.24) is 0 Å². The third kappa shape index (κ3) is 2.92. The average molecular weight is 371 g/mol. The summed E-state index contributed by atoms with van der Waals surface area (Å²) in [6.45, 7) is 0. The van der Waals surface area contributed by atoms with E-state index >= 15 is 0 Å². The zero-order chi connectivity index (χ0) is 17.4. The van der Waals surface area contributed by atoms with Gasteiger partial charge in [-0.15, -0.1) is 22.7 Å². The van der Waals surface area contributed by atoms with Crippen LogP contribution in [0, 0.1) is 0 Å². The summed E-state index contributed by atoms with van der Waals surface area (Å²) in [6.07, 6.45) is 2.05. The van der Waals surface area contributed by atoms with Crippen molar-refractivity contribution in [3.63, 3.8) is 0 Å². The second-order valence-electron chi connectivity index (χ2n) is 5.74. The Morgan fingerprint density at radius 2 is 2.00 bits per heavy atom. The van der Waals surface area contributed by atoms with Gasteiger partial charge in [-0.05, 0) is 48.1 Å². The number of aryl methyl sites for hydroxylation is 2. The van der Waals surface area contributed by atoms with E-state index in [9.17, 15) is 4.79 Å². The SMILES string of the molecule is COc1ccc(OC)c(NC(=O)c2cc3c(s2)-c2ccsc2CC3)c1. The second-order valence-corrected chi connectivity index (χ2v) is 7.80. The summed E-state index contributed by atoms with van der Waals surface area (Å²) in [7, 11) is 3.18. The van der Waals surface area contributed by atoms with Crippen LogP contribution in [0.5, 0.6) is 11.5 Å². The quantitative estimate of drug-likeness (QED) is 0.713. The normalized spacial score (nSPS) is 12.2. The van der Waals surface area contributed by atoms with Gasteiger partial charge < -0.3 is 14.8 Å². The largest absolute Gasteiger partial charge is 0.497 e. The summed E-state index contributed by atoms with van der Waals surface area (Å²) < 4.78 is 10.6. The zero-order valence-electron chi connectivity index (χ0n) is 13.9. The van der Waals surface area contributed by atoms with Gasteiger partial charge in [0.25, 0.3) is 5.91 Å². The first-order valence-corrected chi connectivity index (χ1v) is 9.62. The Balaban J connectivity index is 1.63. The molecular weight excluding hydrogens is 354 g/mol. The predicted octanol–water partition coefficient (Wildman–Crippen LogP) is 4.84. The molecule has 2 aromatic heterocycles. The second kappa shape index (κ2) is 6.54. The number of nitrogens with one attached hydrogen (secondary N) is 1. The molecule has 1 aromatic carbocycles. The average Bonchev–Trinajstić information content (AvgIpc) is 3.27. The first-order chi connectivity index (χ1) is 12.2. The van der Waals surface area contributed by atoms with Crippen LogP contribution in [0.4, 0.5) is 5.69 Å². The summed E-state index contributed by atoms with van der Waals surface area (Å²) in [5.74, 6) is 1.16. The molecule has 2 heterocycles. The van der Waals surface area contributed by atoms with Crippen LogP contribution in [-0.2, 0) is 12.8 Å². The number of ether oxygens (including phenoxy) is 2. The van der Waals surface area contributed by atoms with Gasteiger partial charge in [0.1, 0.15) is 11.5 Å². The summed E-state index contributed by atoms with van der Waals surface area (Å²) >= 11 is 3.35. The molecule has 0 fully saturated rings. The van der Waals surface area contributed by atoms with E-state index in [1.54, 1.807) is 55.1 Å². The Labute approximate surface area is 154 Å². The molecule has 0 saturated carbocycles. The first kappa shape index (κ1) is 16.2. The van der Waals surface area contributed by atoms with Crippen LogP contribution >= 0.6 is 22.7 Å². The van der Waals surface area contributed by atoms with Crippen molar-refractivity contribution in [3.8, 4) is 21.9 Å². The van der Waals surface area contributed by atoms with E-state index in [0.29, 0.717) is 22.1 Å². The van der Waals surface area contributed by atoms with E-state index in [4.69, 9.17) is 9.47 Å². The number of benzene rings is 1. The Morgan fingerprint density at radius 1 is 1.12 bits per heavy atom. The fourth-order valence-corrected chi connectivity index (χ4v) is 5.14. The number of rotatable bonds is 4. The number of hydrogen-bond donors (Lipinski definition) is 1. The van der Waals surface area contributed by atoms with Crippen molar-refractivity contribution in [3.05, 3.63) is 51.0 Å². The maximum Gasteiger partial charge on any atom is 0.265 e. The highest BCUT2D eigenvalue weighted by molar-refractivity contribution is 7.18. The number of fused-ring (bicyclic) bond motifs is 3.